The Kier molecular flexibility index (Phi) is 7.40. The quantitative estimate of drug-likeness (QED) is 0.629. The van der Waals surface area contributed by atoms with E-state index >= 15 is 0 Å². The number of ether oxygens (including phenoxy) is 1. The molecule has 1 aliphatic rings. The maximum Gasteiger partial charge on any atom is 0.339 e. The summed E-state index contributed by atoms with van der Waals surface area (Å²) >= 11 is 0. The Bertz CT molecular complexity index is 851. The van der Waals surface area contributed by atoms with Crippen molar-refractivity contribution in [3.05, 3.63) is 41.9 Å². The van der Waals surface area contributed by atoms with E-state index in [1.54, 1.807) is 35.0 Å². The minimum Gasteiger partial charge on any atom is -0.462 e. The highest BCUT2D eigenvalue weighted by molar-refractivity contribution is 5.89. The summed E-state index contributed by atoms with van der Waals surface area (Å²) in [5, 5.41) is 4.15. The number of carbonyl (C=O) groups is 2. The van der Waals surface area contributed by atoms with Crippen molar-refractivity contribution in [3.63, 3.8) is 0 Å². The van der Waals surface area contributed by atoms with Gasteiger partial charge in [0.15, 0.2) is 0 Å². The highest BCUT2D eigenvalue weighted by Gasteiger charge is 2.20. The molecule has 162 valence electrons. The molecule has 0 radical (unpaired) electrons. The number of rotatable bonds is 7. The summed E-state index contributed by atoms with van der Waals surface area (Å²) in [6.45, 7) is 6.39. The van der Waals surface area contributed by atoms with Gasteiger partial charge in [0.05, 0.1) is 24.9 Å². The Hall–Kier alpha value is -2.94. The molecule has 3 heterocycles. The molecular weight excluding hydrogens is 384 g/mol. The van der Waals surface area contributed by atoms with Gasteiger partial charge >= 0.3 is 5.97 Å². The summed E-state index contributed by atoms with van der Waals surface area (Å²) in [5.41, 5.74) is 1.48. The topological polar surface area (TPSA) is 83.8 Å². The molecule has 0 spiro atoms. The average Bonchev–Trinajstić information content (AvgIpc) is 3.00. The average molecular weight is 415 g/mol. The van der Waals surface area contributed by atoms with E-state index in [1.807, 2.05) is 26.4 Å². The second-order valence-corrected chi connectivity index (χ2v) is 7.51. The van der Waals surface area contributed by atoms with Crippen LogP contribution in [0.15, 0.2) is 30.7 Å². The zero-order valence-corrected chi connectivity index (χ0v) is 18.0. The number of aromatic nitrogens is 3. The molecule has 9 heteroatoms. The van der Waals surface area contributed by atoms with Gasteiger partial charge in [0, 0.05) is 64.8 Å². The lowest BCUT2D eigenvalue weighted by atomic mass is 10.2. The summed E-state index contributed by atoms with van der Waals surface area (Å²) in [5.74, 6) is 0.585. The number of hydrogen-bond donors (Lipinski definition) is 0. The highest BCUT2D eigenvalue weighted by atomic mass is 16.5. The molecule has 3 rings (SSSR count). The number of nitrogens with zero attached hydrogens (tertiary/aromatic N) is 6. The van der Waals surface area contributed by atoms with E-state index in [0.29, 0.717) is 25.3 Å². The van der Waals surface area contributed by atoms with E-state index < -0.39 is 0 Å². The Morgan fingerprint density at radius 2 is 2.00 bits per heavy atom. The fourth-order valence-electron chi connectivity index (χ4n) is 3.49. The number of hydrogen-bond acceptors (Lipinski definition) is 7. The van der Waals surface area contributed by atoms with Crippen LogP contribution < -0.4 is 4.90 Å². The van der Waals surface area contributed by atoms with Gasteiger partial charge < -0.3 is 14.5 Å². The van der Waals surface area contributed by atoms with Gasteiger partial charge in [-0.3, -0.25) is 14.4 Å². The van der Waals surface area contributed by atoms with E-state index in [0.717, 1.165) is 44.0 Å². The molecule has 0 saturated carbocycles. The molecule has 0 N–H and O–H groups in total. The first kappa shape index (κ1) is 21.8. The van der Waals surface area contributed by atoms with Gasteiger partial charge in [-0.05, 0) is 25.5 Å². The normalized spacial score (nSPS) is 15.0. The van der Waals surface area contributed by atoms with E-state index in [1.165, 1.54) is 0 Å². The van der Waals surface area contributed by atoms with Gasteiger partial charge in [-0.2, -0.15) is 5.10 Å². The fourth-order valence-corrected chi connectivity index (χ4v) is 3.49. The SMILES string of the molecule is CCOC(=O)c1ccc(N2CCCN(CC(=O)N(C)Cc3cnn(C)c3)CC2)nc1. The minimum absolute atomic E-state index is 0.101. The van der Waals surface area contributed by atoms with E-state index in [-0.39, 0.29) is 11.9 Å². The van der Waals surface area contributed by atoms with Crippen LogP contribution in [0, 0.1) is 0 Å². The van der Waals surface area contributed by atoms with Crippen molar-refractivity contribution in [2.45, 2.75) is 19.9 Å². The highest BCUT2D eigenvalue weighted by Crippen LogP contribution is 2.15. The third kappa shape index (κ3) is 5.79. The summed E-state index contributed by atoms with van der Waals surface area (Å²) in [4.78, 5) is 35.0. The zero-order chi connectivity index (χ0) is 21.5. The Morgan fingerprint density at radius 3 is 2.67 bits per heavy atom. The fraction of sp³-hybridized carbons (Fsp3) is 0.524. The van der Waals surface area contributed by atoms with Gasteiger partial charge in [0.1, 0.15) is 5.82 Å². The predicted molar refractivity (Wildman–Crippen MR) is 113 cm³/mol. The lowest BCUT2D eigenvalue weighted by molar-refractivity contribution is -0.131. The van der Waals surface area contributed by atoms with Gasteiger partial charge in [0.2, 0.25) is 5.91 Å². The van der Waals surface area contributed by atoms with Crippen LogP contribution in [0.1, 0.15) is 29.3 Å². The largest absolute Gasteiger partial charge is 0.462 e. The van der Waals surface area contributed by atoms with Crippen LogP contribution in [-0.2, 0) is 23.1 Å². The van der Waals surface area contributed by atoms with E-state index in [2.05, 4.69) is 19.9 Å². The van der Waals surface area contributed by atoms with Crippen molar-refractivity contribution in [2.24, 2.45) is 7.05 Å². The molecule has 30 heavy (non-hydrogen) atoms. The first-order valence-electron chi connectivity index (χ1n) is 10.3. The second kappa shape index (κ2) is 10.2. The number of carbonyl (C=O) groups excluding carboxylic acids is 2. The number of aryl methyl sites for hydroxylation is 1. The number of anilines is 1. The van der Waals surface area contributed by atoms with Gasteiger partial charge in [-0.25, -0.2) is 9.78 Å². The molecule has 1 fully saturated rings. The molecule has 1 aliphatic heterocycles. The molecule has 9 nitrogen and oxygen atoms in total. The summed E-state index contributed by atoms with van der Waals surface area (Å²) in [6, 6.07) is 3.61. The molecule has 1 saturated heterocycles. The summed E-state index contributed by atoms with van der Waals surface area (Å²) < 4.78 is 6.74. The van der Waals surface area contributed by atoms with Crippen molar-refractivity contribution < 1.29 is 14.3 Å². The first-order valence-corrected chi connectivity index (χ1v) is 10.3. The van der Waals surface area contributed by atoms with Crippen LogP contribution in [0.5, 0.6) is 0 Å². The van der Waals surface area contributed by atoms with Crippen molar-refractivity contribution in [1.29, 1.82) is 0 Å². The van der Waals surface area contributed by atoms with Gasteiger partial charge in [-0.15, -0.1) is 0 Å². The molecule has 0 bridgehead atoms. The maximum atomic E-state index is 12.6. The monoisotopic (exact) mass is 414 g/mol. The number of likely N-dealkylation sites (N-methyl/N-ethyl adjacent to an activating group) is 1. The van der Waals surface area contributed by atoms with Gasteiger partial charge in [0.25, 0.3) is 0 Å². The third-order valence-electron chi connectivity index (χ3n) is 5.13. The molecule has 0 atom stereocenters. The molecular formula is C21H30N6O3. The molecule has 0 aliphatic carbocycles. The smallest absolute Gasteiger partial charge is 0.339 e. The van der Waals surface area contributed by atoms with Crippen LogP contribution in [-0.4, -0.2) is 82.8 Å². The molecule has 0 aromatic carbocycles. The maximum absolute atomic E-state index is 12.6. The Labute approximate surface area is 177 Å². The van der Waals surface area contributed by atoms with Crippen molar-refractivity contribution >= 4 is 17.7 Å². The van der Waals surface area contributed by atoms with E-state index in [4.69, 9.17) is 4.74 Å². The van der Waals surface area contributed by atoms with Crippen molar-refractivity contribution in [3.8, 4) is 0 Å². The number of pyridine rings is 1. The molecule has 2 aromatic heterocycles. The van der Waals surface area contributed by atoms with Crippen LogP contribution in [0.4, 0.5) is 5.82 Å². The third-order valence-corrected chi connectivity index (χ3v) is 5.13. The summed E-state index contributed by atoms with van der Waals surface area (Å²) in [7, 11) is 3.70. The molecule has 2 aromatic rings. The molecule has 0 unspecified atom stereocenters. The lowest BCUT2D eigenvalue weighted by Crippen LogP contribution is -2.40. The minimum atomic E-state index is -0.354. The summed E-state index contributed by atoms with van der Waals surface area (Å²) in [6.07, 6.45) is 6.22. The zero-order valence-electron chi connectivity index (χ0n) is 18.0. The standard InChI is InChI=1S/C21H30N6O3/c1-4-30-21(29)18-6-7-19(22-13-18)27-9-5-8-26(10-11-27)16-20(28)24(2)14-17-12-23-25(3)15-17/h6-7,12-13,15H,4-5,8-11,14,16H2,1-3H3. The van der Waals surface area contributed by atoms with Crippen LogP contribution >= 0.6 is 0 Å². The van der Waals surface area contributed by atoms with Crippen molar-refractivity contribution in [2.75, 3.05) is 51.3 Å². The van der Waals surface area contributed by atoms with Crippen LogP contribution in [0.2, 0.25) is 0 Å². The molecule has 1 amide bonds. The second-order valence-electron chi connectivity index (χ2n) is 7.51. The van der Waals surface area contributed by atoms with Crippen LogP contribution in [0.25, 0.3) is 0 Å². The number of esters is 1. The Morgan fingerprint density at radius 1 is 1.17 bits per heavy atom. The van der Waals surface area contributed by atoms with Crippen LogP contribution in [0.3, 0.4) is 0 Å². The van der Waals surface area contributed by atoms with E-state index in [9.17, 15) is 9.59 Å². The predicted octanol–water partition coefficient (Wildman–Crippen LogP) is 1.16. The van der Waals surface area contributed by atoms with Crippen molar-refractivity contribution in [1.82, 2.24) is 24.6 Å². The van der Waals surface area contributed by atoms with Gasteiger partial charge in [-0.1, -0.05) is 0 Å². The Balaban J connectivity index is 1.50. The first-order chi connectivity index (χ1) is 14.5. The number of amides is 1. The lowest BCUT2D eigenvalue weighted by Gasteiger charge is -2.24.